The second-order valence-electron chi connectivity index (χ2n) is 7.21. The molecule has 2 heterocycles. The molecule has 1 aliphatic heterocycles. The van der Waals surface area contributed by atoms with Crippen LogP contribution in [0.5, 0.6) is 0 Å². The van der Waals surface area contributed by atoms with Crippen LogP contribution in [0.3, 0.4) is 0 Å². The third-order valence-corrected chi connectivity index (χ3v) is 5.19. The van der Waals surface area contributed by atoms with Crippen LogP contribution >= 0.6 is 0 Å². The van der Waals surface area contributed by atoms with Crippen LogP contribution in [0.25, 0.3) is 11.0 Å². The molecule has 0 bridgehead atoms. The monoisotopic (exact) mass is 376 g/mol. The summed E-state index contributed by atoms with van der Waals surface area (Å²) in [5.74, 6) is 0.269. The highest BCUT2D eigenvalue weighted by atomic mass is 16.2. The number of amides is 2. The molecule has 2 aromatic carbocycles. The van der Waals surface area contributed by atoms with E-state index in [1.165, 1.54) is 0 Å². The summed E-state index contributed by atoms with van der Waals surface area (Å²) in [7, 11) is 0. The van der Waals surface area contributed by atoms with Gasteiger partial charge in [0.25, 0.3) is 0 Å². The fourth-order valence-electron chi connectivity index (χ4n) is 3.76. The number of nitrogens with zero attached hydrogens (tertiary/aromatic N) is 2. The Hall–Kier alpha value is -3.15. The van der Waals surface area contributed by atoms with Gasteiger partial charge in [-0.3, -0.25) is 14.9 Å². The number of hydrogen-bond donors (Lipinski definition) is 2. The molecule has 1 atom stereocenters. The minimum atomic E-state index is -0.185. The van der Waals surface area contributed by atoms with Crippen molar-refractivity contribution in [1.29, 1.82) is 0 Å². The maximum Gasteiger partial charge on any atom is 0.227 e. The third-order valence-electron chi connectivity index (χ3n) is 5.19. The molecule has 4 rings (SSSR count). The number of fused-ring (bicyclic) bond motifs is 2. The Bertz CT molecular complexity index is 1020. The fourth-order valence-corrected chi connectivity index (χ4v) is 3.76. The summed E-state index contributed by atoms with van der Waals surface area (Å²) >= 11 is 0. The molecule has 1 aliphatic rings. The number of benzene rings is 2. The Morgan fingerprint density at radius 2 is 2.00 bits per heavy atom. The SMILES string of the molecule is CCCn1c(NC(=O)CC[C@@H]2Cc3ccccc3NC2=O)nc2ccccc21. The highest BCUT2D eigenvalue weighted by molar-refractivity contribution is 5.96. The molecule has 6 nitrogen and oxygen atoms in total. The molecular weight excluding hydrogens is 352 g/mol. The van der Waals surface area contributed by atoms with Crippen LogP contribution in [0.4, 0.5) is 11.6 Å². The van der Waals surface area contributed by atoms with Crippen molar-refractivity contribution < 1.29 is 9.59 Å². The van der Waals surface area contributed by atoms with E-state index in [1.807, 2.05) is 53.1 Å². The van der Waals surface area contributed by atoms with E-state index >= 15 is 0 Å². The van der Waals surface area contributed by atoms with Gasteiger partial charge in [0.2, 0.25) is 17.8 Å². The largest absolute Gasteiger partial charge is 0.326 e. The van der Waals surface area contributed by atoms with Crippen molar-refractivity contribution in [2.45, 2.75) is 39.2 Å². The van der Waals surface area contributed by atoms with Crippen LogP contribution in [0.15, 0.2) is 48.5 Å². The van der Waals surface area contributed by atoms with Crippen LogP contribution in [0.1, 0.15) is 31.7 Å². The second-order valence-corrected chi connectivity index (χ2v) is 7.21. The first kappa shape index (κ1) is 18.2. The molecule has 2 amide bonds. The van der Waals surface area contributed by atoms with Crippen LogP contribution < -0.4 is 10.6 Å². The van der Waals surface area contributed by atoms with Gasteiger partial charge in [-0.2, -0.15) is 0 Å². The Labute approximate surface area is 164 Å². The smallest absolute Gasteiger partial charge is 0.227 e. The summed E-state index contributed by atoms with van der Waals surface area (Å²) < 4.78 is 2.04. The number of aromatic nitrogens is 2. The predicted molar refractivity (Wildman–Crippen MR) is 110 cm³/mol. The van der Waals surface area contributed by atoms with Gasteiger partial charge >= 0.3 is 0 Å². The van der Waals surface area contributed by atoms with E-state index in [4.69, 9.17) is 0 Å². The molecule has 0 saturated heterocycles. The predicted octanol–water partition coefficient (Wildman–Crippen LogP) is 3.98. The van der Waals surface area contributed by atoms with Crippen molar-refractivity contribution in [3.05, 3.63) is 54.1 Å². The van der Waals surface area contributed by atoms with Gasteiger partial charge in [-0.05, 0) is 43.0 Å². The molecule has 3 aromatic rings. The minimum Gasteiger partial charge on any atom is -0.326 e. The third kappa shape index (κ3) is 3.63. The van der Waals surface area contributed by atoms with Crippen molar-refractivity contribution in [2.75, 3.05) is 10.6 Å². The summed E-state index contributed by atoms with van der Waals surface area (Å²) in [5, 5.41) is 5.88. The quantitative estimate of drug-likeness (QED) is 0.683. The standard InChI is InChI=1S/C22H24N4O2/c1-2-13-26-19-10-6-5-9-18(19)24-22(26)25-20(27)12-11-16-14-15-7-3-4-8-17(15)23-21(16)28/h3-10,16H,2,11-14H2,1H3,(H,23,28)(H,24,25,27)/t16-/m1/s1. The van der Waals surface area contributed by atoms with Gasteiger partial charge in [0.05, 0.1) is 11.0 Å². The molecule has 0 spiro atoms. The lowest BCUT2D eigenvalue weighted by atomic mass is 9.89. The van der Waals surface area contributed by atoms with Crippen LogP contribution in [0, 0.1) is 5.92 Å². The Morgan fingerprint density at radius 3 is 2.86 bits per heavy atom. The number of aryl methyl sites for hydroxylation is 1. The molecule has 144 valence electrons. The van der Waals surface area contributed by atoms with E-state index in [2.05, 4.69) is 22.5 Å². The van der Waals surface area contributed by atoms with Gasteiger partial charge in [-0.1, -0.05) is 37.3 Å². The number of para-hydroxylation sites is 3. The molecule has 0 fully saturated rings. The van der Waals surface area contributed by atoms with E-state index in [-0.39, 0.29) is 24.2 Å². The average Bonchev–Trinajstić information content (AvgIpc) is 3.04. The normalized spacial score (nSPS) is 15.9. The van der Waals surface area contributed by atoms with Crippen molar-refractivity contribution in [1.82, 2.24) is 9.55 Å². The lowest BCUT2D eigenvalue weighted by Crippen LogP contribution is -2.30. The number of carbonyl (C=O) groups excluding carboxylic acids is 2. The van der Waals surface area contributed by atoms with E-state index in [1.54, 1.807) is 0 Å². The van der Waals surface area contributed by atoms with E-state index < -0.39 is 0 Å². The molecule has 0 radical (unpaired) electrons. The Morgan fingerprint density at radius 1 is 1.21 bits per heavy atom. The van der Waals surface area contributed by atoms with Crippen LogP contribution in [-0.4, -0.2) is 21.4 Å². The molecule has 0 aliphatic carbocycles. The molecule has 6 heteroatoms. The zero-order valence-corrected chi connectivity index (χ0v) is 15.9. The number of carbonyl (C=O) groups is 2. The first-order valence-corrected chi connectivity index (χ1v) is 9.79. The minimum absolute atomic E-state index is 0.00952. The summed E-state index contributed by atoms with van der Waals surface area (Å²) in [5.41, 5.74) is 3.89. The van der Waals surface area contributed by atoms with Crippen LogP contribution in [0.2, 0.25) is 0 Å². The van der Waals surface area contributed by atoms with Gasteiger partial charge < -0.3 is 9.88 Å². The molecule has 0 unspecified atom stereocenters. The zero-order chi connectivity index (χ0) is 19.5. The van der Waals surface area contributed by atoms with Crippen molar-refractivity contribution in [3.8, 4) is 0 Å². The fraction of sp³-hybridized carbons (Fsp3) is 0.318. The number of nitrogens with one attached hydrogen (secondary N) is 2. The van der Waals surface area contributed by atoms with E-state index in [0.29, 0.717) is 18.8 Å². The summed E-state index contributed by atoms with van der Waals surface area (Å²) in [6, 6.07) is 15.7. The zero-order valence-electron chi connectivity index (χ0n) is 15.9. The molecule has 2 N–H and O–H groups in total. The number of imidazole rings is 1. The number of anilines is 2. The van der Waals surface area contributed by atoms with Crippen molar-refractivity contribution in [3.63, 3.8) is 0 Å². The second kappa shape index (κ2) is 7.84. The van der Waals surface area contributed by atoms with Crippen molar-refractivity contribution in [2.24, 2.45) is 5.92 Å². The highest BCUT2D eigenvalue weighted by Gasteiger charge is 2.26. The van der Waals surface area contributed by atoms with Gasteiger partial charge in [0.1, 0.15) is 0 Å². The first-order valence-electron chi connectivity index (χ1n) is 9.79. The topological polar surface area (TPSA) is 76.0 Å². The number of rotatable bonds is 6. The Balaban J connectivity index is 1.42. The maximum absolute atomic E-state index is 12.5. The van der Waals surface area contributed by atoms with Gasteiger partial charge in [0.15, 0.2) is 0 Å². The summed E-state index contributed by atoms with van der Waals surface area (Å²) in [6.45, 7) is 2.89. The van der Waals surface area contributed by atoms with E-state index in [9.17, 15) is 9.59 Å². The lowest BCUT2D eigenvalue weighted by molar-refractivity contribution is -0.121. The number of hydrogen-bond acceptors (Lipinski definition) is 3. The molecule has 1 aromatic heterocycles. The maximum atomic E-state index is 12.5. The van der Waals surface area contributed by atoms with Gasteiger partial charge in [-0.25, -0.2) is 4.98 Å². The lowest BCUT2D eigenvalue weighted by Gasteiger charge is -2.24. The van der Waals surface area contributed by atoms with Gasteiger partial charge in [0, 0.05) is 24.6 Å². The Kier molecular flexibility index (Phi) is 5.10. The first-order chi connectivity index (χ1) is 13.7. The summed E-state index contributed by atoms with van der Waals surface area (Å²) in [6.07, 6.45) is 2.42. The van der Waals surface area contributed by atoms with Crippen LogP contribution in [-0.2, 0) is 22.6 Å². The molecular formula is C22H24N4O2. The molecule has 28 heavy (non-hydrogen) atoms. The average molecular weight is 376 g/mol. The summed E-state index contributed by atoms with van der Waals surface area (Å²) in [4.78, 5) is 29.4. The van der Waals surface area contributed by atoms with Crippen molar-refractivity contribution >= 4 is 34.5 Å². The van der Waals surface area contributed by atoms with Gasteiger partial charge in [-0.15, -0.1) is 0 Å². The van der Waals surface area contributed by atoms with E-state index in [0.717, 1.165) is 35.2 Å². The highest BCUT2D eigenvalue weighted by Crippen LogP contribution is 2.28. The molecule has 0 saturated carbocycles.